The van der Waals surface area contributed by atoms with Gasteiger partial charge in [0.05, 0.1) is 21.4 Å². The summed E-state index contributed by atoms with van der Waals surface area (Å²) in [6.45, 7) is 0. The van der Waals surface area contributed by atoms with E-state index in [-0.39, 0.29) is 0 Å². The van der Waals surface area contributed by atoms with E-state index in [9.17, 15) is 0 Å². The molecule has 10 rings (SSSR count). The number of benzene rings is 8. The van der Waals surface area contributed by atoms with Crippen LogP contribution in [0.3, 0.4) is 0 Å². The molecule has 0 N–H and O–H groups in total. The van der Waals surface area contributed by atoms with E-state index in [0.717, 1.165) is 17.1 Å². The molecule has 0 aliphatic rings. The Kier molecular flexibility index (Phi) is 7.71. The van der Waals surface area contributed by atoms with Crippen molar-refractivity contribution in [1.29, 1.82) is 0 Å². The van der Waals surface area contributed by atoms with E-state index in [1.54, 1.807) is 0 Å². The second kappa shape index (κ2) is 13.1. The van der Waals surface area contributed by atoms with Gasteiger partial charge in [0.1, 0.15) is 0 Å². The molecule has 0 amide bonds. The Morgan fingerprint density at radius 1 is 0.358 bits per heavy atom. The molecule has 0 aliphatic heterocycles. The fourth-order valence-corrected chi connectivity index (χ4v) is 9.09. The lowest BCUT2D eigenvalue weighted by atomic mass is 9.99. The predicted octanol–water partition coefficient (Wildman–Crippen LogP) is 14.5. The molecule has 250 valence electrons. The topological polar surface area (TPSA) is 8.17 Å². The summed E-state index contributed by atoms with van der Waals surface area (Å²) < 4.78 is 5.05. The molecular weight excluding hydrogens is 661 g/mol. The van der Waals surface area contributed by atoms with E-state index in [2.05, 4.69) is 216 Å². The highest BCUT2D eigenvalue weighted by Gasteiger charge is 2.22. The van der Waals surface area contributed by atoms with Crippen LogP contribution in [0.1, 0.15) is 0 Å². The second-order valence-electron chi connectivity index (χ2n) is 13.3. The lowest BCUT2D eigenvalue weighted by Crippen LogP contribution is -2.11. The molecule has 0 saturated heterocycles. The lowest BCUT2D eigenvalue weighted by Gasteiger charge is -2.28. The van der Waals surface area contributed by atoms with E-state index >= 15 is 0 Å². The van der Waals surface area contributed by atoms with E-state index in [0.29, 0.717) is 0 Å². The smallest absolute Gasteiger partial charge is 0.0727 e. The van der Waals surface area contributed by atoms with Crippen molar-refractivity contribution in [2.24, 2.45) is 0 Å². The molecule has 0 bridgehead atoms. The summed E-state index contributed by atoms with van der Waals surface area (Å²) in [6, 6.07) is 74.3. The predicted molar refractivity (Wildman–Crippen MR) is 227 cm³/mol. The van der Waals surface area contributed by atoms with Gasteiger partial charge >= 0.3 is 0 Å². The maximum atomic E-state index is 2.44. The summed E-state index contributed by atoms with van der Waals surface area (Å²) in [4.78, 5) is 2.39. The minimum absolute atomic E-state index is 1.11. The maximum Gasteiger partial charge on any atom is 0.0727 e. The Balaban J connectivity index is 1.11. The van der Waals surface area contributed by atoms with Gasteiger partial charge in [-0.05, 0) is 70.8 Å². The number of rotatable bonds is 7. The molecule has 8 aromatic carbocycles. The van der Waals surface area contributed by atoms with Gasteiger partial charge in [0, 0.05) is 43.7 Å². The number of thiophene rings is 1. The lowest BCUT2D eigenvalue weighted by molar-refractivity contribution is 1.19. The third-order valence-electron chi connectivity index (χ3n) is 10.2. The van der Waals surface area contributed by atoms with Crippen LogP contribution in [0, 0.1) is 0 Å². The van der Waals surface area contributed by atoms with Gasteiger partial charge in [-0.25, -0.2) is 0 Å². The number of anilines is 3. The molecule has 0 unspecified atom stereocenters. The summed E-state index contributed by atoms with van der Waals surface area (Å²) in [7, 11) is 0. The van der Waals surface area contributed by atoms with E-state index in [1.165, 1.54) is 70.3 Å². The highest BCUT2D eigenvalue weighted by atomic mass is 32.1. The molecule has 0 radical (unpaired) electrons. The van der Waals surface area contributed by atoms with Crippen molar-refractivity contribution < 1.29 is 0 Å². The van der Waals surface area contributed by atoms with Crippen molar-refractivity contribution in [3.05, 3.63) is 206 Å². The SMILES string of the molecule is c1ccc(-c2ccc(-c3ccc(N(c4ccccc4)c4ccccc4-c4cccc5c4sc4c6ccccc6n(-c6ccccc6)c54)cc3)cc2)cc1. The molecule has 0 saturated carbocycles. The number of fused-ring (bicyclic) bond motifs is 5. The largest absolute Gasteiger partial charge is 0.310 e. The van der Waals surface area contributed by atoms with Crippen LogP contribution in [0.15, 0.2) is 206 Å². The van der Waals surface area contributed by atoms with Crippen LogP contribution in [0.4, 0.5) is 17.1 Å². The van der Waals surface area contributed by atoms with Crippen molar-refractivity contribution in [3.8, 4) is 39.1 Å². The first kappa shape index (κ1) is 31.1. The van der Waals surface area contributed by atoms with Gasteiger partial charge in [-0.1, -0.05) is 158 Å². The fraction of sp³-hybridized carbons (Fsp3) is 0. The molecule has 0 spiro atoms. The average Bonchev–Trinajstić information content (AvgIpc) is 3.78. The van der Waals surface area contributed by atoms with Crippen LogP contribution in [0.5, 0.6) is 0 Å². The standard InChI is InChI=1S/C50H34N2S/c1-4-15-35(16-5-1)36-27-29-37(30-28-36)38-31-33-41(34-32-38)51(39-17-6-2-7-18-39)46-25-12-10-21-42(46)43-23-14-24-45-48-50(53-49(43)45)44-22-11-13-26-47(44)52(48)40-19-8-3-9-20-40/h1-34H. The molecule has 0 aliphatic carbocycles. The van der Waals surface area contributed by atoms with Crippen molar-refractivity contribution in [2.45, 2.75) is 0 Å². The molecule has 0 fully saturated rings. The average molecular weight is 695 g/mol. The summed E-state index contributed by atoms with van der Waals surface area (Å²) in [5.74, 6) is 0. The quantitative estimate of drug-likeness (QED) is 0.161. The normalized spacial score (nSPS) is 11.4. The first-order valence-corrected chi connectivity index (χ1v) is 18.8. The third-order valence-corrected chi connectivity index (χ3v) is 11.5. The number of nitrogens with zero attached hydrogens (tertiary/aromatic N) is 2. The summed E-state index contributed by atoms with van der Waals surface area (Å²) >= 11 is 1.90. The highest BCUT2D eigenvalue weighted by Crippen LogP contribution is 2.48. The summed E-state index contributed by atoms with van der Waals surface area (Å²) in [5.41, 5.74) is 14.3. The van der Waals surface area contributed by atoms with Crippen LogP contribution in [0.25, 0.3) is 70.3 Å². The molecule has 2 nitrogen and oxygen atoms in total. The molecule has 0 atom stereocenters. The Morgan fingerprint density at radius 2 is 0.868 bits per heavy atom. The van der Waals surface area contributed by atoms with Crippen molar-refractivity contribution in [2.75, 3.05) is 4.90 Å². The molecule has 3 heteroatoms. The zero-order chi connectivity index (χ0) is 35.1. The highest BCUT2D eigenvalue weighted by molar-refractivity contribution is 7.27. The Morgan fingerprint density at radius 3 is 1.58 bits per heavy atom. The van der Waals surface area contributed by atoms with Crippen LogP contribution >= 0.6 is 11.3 Å². The van der Waals surface area contributed by atoms with E-state index in [4.69, 9.17) is 0 Å². The molecule has 53 heavy (non-hydrogen) atoms. The first-order valence-electron chi connectivity index (χ1n) is 18.0. The zero-order valence-electron chi connectivity index (χ0n) is 28.9. The van der Waals surface area contributed by atoms with Gasteiger partial charge in [-0.3, -0.25) is 0 Å². The number of hydrogen-bond donors (Lipinski definition) is 0. The second-order valence-corrected chi connectivity index (χ2v) is 14.3. The first-order chi connectivity index (χ1) is 26.3. The van der Waals surface area contributed by atoms with Crippen molar-refractivity contribution >= 4 is 59.6 Å². The minimum Gasteiger partial charge on any atom is -0.310 e. The Hall–Kier alpha value is -6.68. The Labute approximate surface area is 313 Å². The van der Waals surface area contributed by atoms with Crippen LogP contribution in [0.2, 0.25) is 0 Å². The van der Waals surface area contributed by atoms with Gasteiger partial charge in [0.25, 0.3) is 0 Å². The zero-order valence-corrected chi connectivity index (χ0v) is 29.7. The third kappa shape index (κ3) is 5.42. The van der Waals surface area contributed by atoms with Gasteiger partial charge in [0.15, 0.2) is 0 Å². The van der Waals surface area contributed by atoms with Crippen molar-refractivity contribution in [1.82, 2.24) is 4.57 Å². The van der Waals surface area contributed by atoms with Gasteiger partial charge < -0.3 is 9.47 Å². The minimum atomic E-state index is 1.11. The van der Waals surface area contributed by atoms with Crippen LogP contribution in [-0.2, 0) is 0 Å². The van der Waals surface area contributed by atoms with Gasteiger partial charge in [-0.2, -0.15) is 0 Å². The van der Waals surface area contributed by atoms with E-state index in [1.807, 2.05) is 11.3 Å². The maximum absolute atomic E-state index is 2.44. The number of aromatic nitrogens is 1. The van der Waals surface area contributed by atoms with Crippen molar-refractivity contribution in [3.63, 3.8) is 0 Å². The fourth-order valence-electron chi connectivity index (χ4n) is 7.74. The monoisotopic (exact) mass is 694 g/mol. The van der Waals surface area contributed by atoms with Crippen LogP contribution in [-0.4, -0.2) is 4.57 Å². The van der Waals surface area contributed by atoms with Crippen LogP contribution < -0.4 is 4.90 Å². The number of para-hydroxylation sites is 4. The van der Waals surface area contributed by atoms with E-state index < -0.39 is 0 Å². The molecular formula is C50H34N2S. The van der Waals surface area contributed by atoms with Gasteiger partial charge in [-0.15, -0.1) is 11.3 Å². The molecule has 2 heterocycles. The summed E-state index contributed by atoms with van der Waals surface area (Å²) in [5, 5.41) is 2.55. The molecule has 10 aromatic rings. The summed E-state index contributed by atoms with van der Waals surface area (Å²) in [6.07, 6.45) is 0. The number of hydrogen-bond acceptors (Lipinski definition) is 2. The molecule has 2 aromatic heterocycles. The van der Waals surface area contributed by atoms with Gasteiger partial charge in [0.2, 0.25) is 0 Å². The Bertz CT molecular complexity index is 2850.